The van der Waals surface area contributed by atoms with Gasteiger partial charge in [-0.05, 0) is 82.1 Å². The van der Waals surface area contributed by atoms with E-state index >= 15 is 0 Å². The molecule has 0 aliphatic heterocycles. The first-order valence-electron chi connectivity index (χ1n) is 11.7. The predicted octanol–water partition coefficient (Wildman–Crippen LogP) is 9.43. The number of hydrogen-bond acceptors (Lipinski definition) is 0. The highest BCUT2D eigenvalue weighted by Gasteiger charge is 2.41. The minimum absolute atomic E-state index is 0.206. The lowest BCUT2D eigenvalue weighted by Gasteiger charge is -2.29. The quantitative estimate of drug-likeness (QED) is 0.231. The maximum Gasteiger partial charge on any atom is 0.0436 e. The van der Waals surface area contributed by atoms with Crippen molar-refractivity contribution in [1.82, 2.24) is 0 Å². The molecule has 1 heteroatoms. The minimum Gasteiger partial charge on any atom is -0.0622 e. The Morgan fingerprint density at radius 3 is 1.74 bits per heavy atom. The molecule has 6 rings (SSSR count). The molecule has 5 aromatic carbocycles. The Labute approximate surface area is 210 Å². The summed E-state index contributed by atoms with van der Waals surface area (Å²) in [5.41, 5.74) is 12.8. The maximum absolute atomic E-state index is 3.72. The zero-order chi connectivity index (χ0) is 23.3. The van der Waals surface area contributed by atoms with Gasteiger partial charge in [0.1, 0.15) is 0 Å². The van der Waals surface area contributed by atoms with Gasteiger partial charge in [-0.1, -0.05) is 119 Å². The van der Waals surface area contributed by atoms with E-state index in [1.54, 1.807) is 0 Å². The number of fused-ring (bicyclic) bond motifs is 3. The molecule has 0 fully saturated rings. The Balaban J connectivity index is 1.49. The molecule has 0 saturated carbocycles. The monoisotopic (exact) mass is 500 g/mol. The topological polar surface area (TPSA) is 0 Å². The van der Waals surface area contributed by atoms with Crippen LogP contribution in [-0.2, 0) is 5.41 Å². The summed E-state index contributed by atoms with van der Waals surface area (Å²) in [5, 5.41) is 0. The lowest BCUT2D eigenvalue weighted by atomic mass is 9.73. The summed E-state index contributed by atoms with van der Waals surface area (Å²) in [5.74, 6) is 0. The Morgan fingerprint density at radius 1 is 0.529 bits per heavy atom. The van der Waals surface area contributed by atoms with Crippen molar-refractivity contribution in [2.75, 3.05) is 0 Å². The van der Waals surface area contributed by atoms with Crippen molar-refractivity contribution in [3.8, 4) is 33.4 Å². The fraction of sp³-hybridized carbons (Fsp3) is 0.0909. The van der Waals surface area contributed by atoms with Gasteiger partial charge in [0.15, 0.2) is 0 Å². The number of halogens is 1. The molecule has 0 radical (unpaired) electrons. The van der Waals surface area contributed by atoms with E-state index in [4.69, 9.17) is 0 Å². The molecule has 0 aromatic heterocycles. The summed E-state index contributed by atoms with van der Waals surface area (Å²) >= 11 is 3.72. The third-order valence-corrected chi connectivity index (χ3v) is 7.82. The normalized spacial score (nSPS) is 16.2. The van der Waals surface area contributed by atoms with Crippen molar-refractivity contribution in [2.24, 2.45) is 0 Å². The van der Waals surface area contributed by atoms with Gasteiger partial charge in [0, 0.05) is 9.89 Å². The average Bonchev–Trinajstić information content (AvgIpc) is 3.13. The summed E-state index contributed by atoms with van der Waals surface area (Å²) in [7, 11) is 0. The van der Waals surface area contributed by atoms with Crippen LogP contribution in [0.2, 0.25) is 0 Å². The first-order valence-corrected chi connectivity index (χ1v) is 12.5. The number of hydrogen-bond donors (Lipinski definition) is 0. The molecule has 1 atom stereocenters. The zero-order valence-electron chi connectivity index (χ0n) is 19.3. The van der Waals surface area contributed by atoms with E-state index in [1.807, 2.05) is 0 Å². The highest BCUT2D eigenvalue weighted by atomic mass is 79.9. The van der Waals surface area contributed by atoms with E-state index < -0.39 is 0 Å². The maximum atomic E-state index is 3.72. The molecule has 0 bridgehead atoms. The van der Waals surface area contributed by atoms with Crippen molar-refractivity contribution in [1.29, 1.82) is 0 Å². The number of benzene rings is 5. The van der Waals surface area contributed by atoms with Crippen LogP contribution in [0.15, 0.2) is 120 Å². The summed E-state index contributed by atoms with van der Waals surface area (Å²) < 4.78 is 1.12. The molecule has 0 amide bonds. The smallest absolute Gasteiger partial charge is 0.0436 e. The fourth-order valence-corrected chi connectivity index (χ4v) is 5.73. The number of rotatable bonds is 3. The molecule has 1 unspecified atom stereocenters. The van der Waals surface area contributed by atoms with Crippen molar-refractivity contribution >= 4 is 15.9 Å². The second kappa shape index (κ2) is 8.11. The van der Waals surface area contributed by atoms with Crippen LogP contribution in [0.25, 0.3) is 33.4 Å². The second-order valence-electron chi connectivity index (χ2n) is 9.38. The van der Waals surface area contributed by atoms with E-state index in [1.165, 1.54) is 55.6 Å². The summed E-state index contributed by atoms with van der Waals surface area (Å²) in [6, 6.07) is 42.2. The molecule has 0 nitrogen and oxygen atoms in total. The van der Waals surface area contributed by atoms with Gasteiger partial charge in [0.05, 0.1) is 0 Å². The average molecular weight is 501 g/mol. The van der Waals surface area contributed by atoms with Crippen molar-refractivity contribution in [3.63, 3.8) is 0 Å². The third kappa shape index (κ3) is 3.35. The Bertz CT molecular complexity index is 1500. The van der Waals surface area contributed by atoms with Crippen molar-refractivity contribution < 1.29 is 0 Å². The van der Waals surface area contributed by atoms with Crippen molar-refractivity contribution in [2.45, 2.75) is 19.3 Å². The molecule has 0 spiro atoms. The zero-order valence-corrected chi connectivity index (χ0v) is 20.9. The Kier molecular flexibility index (Phi) is 5.04. The molecule has 0 heterocycles. The van der Waals surface area contributed by atoms with Gasteiger partial charge in [-0.15, -0.1) is 0 Å². The lowest BCUT2D eigenvalue weighted by Crippen LogP contribution is -2.22. The van der Waals surface area contributed by atoms with E-state index in [0.717, 1.165) is 4.47 Å². The van der Waals surface area contributed by atoms with Crippen LogP contribution in [0.5, 0.6) is 0 Å². The molecule has 164 valence electrons. The molecular weight excluding hydrogens is 476 g/mol. The van der Waals surface area contributed by atoms with Crippen molar-refractivity contribution in [3.05, 3.63) is 142 Å². The molecule has 34 heavy (non-hydrogen) atoms. The Hall–Kier alpha value is -3.42. The van der Waals surface area contributed by atoms with E-state index in [9.17, 15) is 0 Å². The first-order chi connectivity index (χ1) is 16.5. The van der Waals surface area contributed by atoms with E-state index in [0.29, 0.717) is 0 Å². The lowest BCUT2D eigenvalue weighted by molar-refractivity contribution is 0.713. The standard InChI is InChI=1S/C33H25Br/c1-22-8-15-27(16-9-22)33(2)31-20-26(14-18-29(31)30-19-17-28(34)21-32(30)33)25-12-10-24(11-13-25)23-6-4-3-5-7-23/h3-21H,1-2H3. The van der Waals surface area contributed by atoms with Gasteiger partial charge < -0.3 is 0 Å². The molecule has 5 aromatic rings. The minimum atomic E-state index is -0.206. The van der Waals surface area contributed by atoms with Crippen LogP contribution in [-0.4, -0.2) is 0 Å². The van der Waals surface area contributed by atoms with Crippen LogP contribution >= 0.6 is 15.9 Å². The van der Waals surface area contributed by atoms with Crippen LogP contribution in [0.4, 0.5) is 0 Å². The Morgan fingerprint density at radius 2 is 1.06 bits per heavy atom. The van der Waals surface area contributed by atoms with E-state index in [2.05, 4.69) is 145 Å². The first kappa shape index (κ1) is 21.1. The van der Waals surface area contributed by atoms with Gasteiger partial charge in [0.2, 0.25) is 0 Å². The molecular formula is C33H25Br. The predicted molar refractivity (Wildman–Crippen MR) is 147 cm³/mol. The van der Waals surface area contributed by atoms with Crippen LogP contribution in [0.1, 0.15) is 29.2 Å². The van der Waals surface area contributed by atoms with Crippen LogP contribution in [0, 0.1) is 6.92 Å². The van der Waals surface area contributed by atoms with Gasteiger partial charge in [-0.25, -0.2) is 0 Å². The molecule has 0 saturated heterocycles. The molecule has 1 aliphatic rings. The second-order valence-corrected chi connectivity index (χ2v) is 10.3. The fourth-order valence-electron chi connectivity index (χ4n) is 5.37. The SMILES string of the molecule is Cc1ccc(C2(C)c3cc(Br)ccc3-c3ccc(-c4ccc(-c5ccccc5)cc4)cc32)cc1. The molecule has 1 aliphatic carbocycles. The van der Waals surface area contributed by atoms with Crippen LogP contribution in [0.3, 0.4) is 0 Å². The largest absolute Gasteiger partial charge is 0.0622 e. The third-order valence-electron chi connectivity index (χ3n) is 7.32. The summed E-state index contributed by atoms with van der Waals surface area (Å²) in [6.07, 6.45) is 0. The highest BCUT2D eigenvalue weighted by molar-refractivity contribution is 9.10. The van der Waals surface area contributed by atoms with Gasteiger partial charge in [-0.2, -0.15) is 0 Å². The summed E-state index contributed by atoms with van der Waals surface area (Å²) in [6.45, 7) is 4.52. The van der Waals surface area contributed by atoms with Crippen LogP contribution < -0.4 is 0 Å². The highest BCUT2D eigenvalue weighted by Crippen LogP contribution is 2.53. The summed E-state index contributed by atoms with van der Waals surface area (Å²) in [4.78, 5) is 0. The van der Waals surface area contributed by atoms with E-state index in [-0.39, 0.29) is 5.41 Å². The van der Waals surface area contributed by atoms with Gasteiger partial charge in [0.25, 0.3) is 0 Å². The number of aryl methyl sites for hydroxylation is 1. The van der Waals surface area contributed by atoms with Gasteiger partial charge >= 0.3 is 0 Å². The molecule has 0 N–H and O–H groups in total. The van der Waals surface area contributed by atoms with Gasteiger partial charge in [-0.3, -0.25) is 0 Å².